The van der Waals surface area contributed by atoms with Gasteiger partial charge in [0, 0.05) is 33.9 Å². The molecule has 0 saturated heterocycles. The van der Waals surface area contributed by atoms with E-state index in [9.17, 15) is 0 Å². The van der Waals surface area contributed by atoms with Crippen molar-refractivity contribution in [1.82, 2.24) is 9.97 Å². The Morgan fingerprint density at radius 1 is 0.333 bits per heavy atom. The van der Waals surface area contributed by atoms with E-state index in [1.54, 1.807) is 6.33 Å². The maximum atomic E-state index is 4.79. The molecule has 0 atom stereocenters. The van der Waals surface area contributed by atoms with Crippen LogP contribution in [0.4, 0.5) is 34.3 Å². The summed E-state index contributed by atoms with van der Waals surface area (Å²) in [6, 6.07) is 80.1. The molecule has 0 bridgehead atoms. The van der Waals surface area contributed by atoms with Crippen molar-refractivity contribution in [2.24, 2.45) is 0 Å². The summed E-state index contributed by atoms with van der Waals surface area (Å²) in [5, 5.41) is 7.00. The summed E-state index contributed by atoms with van der Waals surface area (Å²) in [5.74, 6) is 0.806. The second-order valence-corrected chi connectivity index (χ2v) is 16.5. The Morgan fingerprint density at radius 2 is 0.794 bits per heavy atom. The number of rotatable bonds is 6. The summed E-state index contributed by atoms with van der Waals surface area (Å²) < 4.78 is 0. The molecule has 0 radical (unpaired) electrons. The molecule has 63 heavy (non-hydrogen) atoms. The summed E-state index contributed by atoms with van der Waals surface area (Å²) in [6.45, 7) is 0. The lowest BCUT2D eigenvalue weighted by atomic mass is 9.70. The molecule has 10 aromatic carbocycles. The molecule has 1 aromatic heterocycles. The van der Waals surface area contributed by atoms with Crippen LogP contribution in [-0.2, 0) is 5.41 Å². The monoisotopic (exact) mass is 802 g/mol. The Morgan fingerprint density at radius 3 is 1.37 bits per heavy atom. The fourth-order valence-electron chi connectivity index (χ4n) is 11.0. The van der Waals surface area contributed by atoms with Crippen molar-refractivity contribution >= 4 is 66.6 Å². The van der Waals surface area contributed by atoms with E-state index in [1.807, 2.05) is 12.3 Å². The average molecular weight is 803 g/mol. The van der Waals surface area contributed by atoms with Gasteiger partial charge in [-0.15, -0.1) is 0 Å². The van der Waals surface area contributed by atoms with Gasteiger partial charge in [0.15, 0.2) is 0 Å². The lowest BCUT2D eigenvalue weighted by Gasteiger charge is -2.32. The van der Waals surface area contributed by atoms with E-state index in [-0.39, 0.29) is 0 Å². The zero-order valence-corrected chi connectivity index (χ0v) is 34.2. The number of fused-ring (bicyclic) bond motifs is 15. The van der Waals surface area contributed by atoms with E-state index in [1.165, 1.54) is 71.4 Å². The van der Waals surface area contributed by atoms with Crippen LogP contribution in [0.25, 0.3) is 54.6 Å². The number of hydrogen-bond donors (Lipinski definition) is 0. The highest BCUT2D eigenvalue weighted by atomic mass is 15.2. The van der Waals surface area contributed by atoms with Crippen molar-refractivity contribution in [1.29, 1.82) is 0 Å². The smallest absolute Gasteiger partial charge is 0.140 e. The third kappa shape index (κ3) is 5.03. The first-order valence-electron chi connectivity index (χ1n) is 21.6. The van der Waals surface area contributed by atoms with E-state index < -0.39 is 5.41 Å². The maximum absolute atomic E-state index is 4.79. The van der Waals surface area contributed by atoms with Gasteiger partial charge in [0.2, 0.25) is 0 Å². The van der Waals surface area contributed by atoms with E-state index in [0.29, 0.717) is 0 Å². The molecule has 0 aliphatic heterocycles. The fourth-order valence-corrected chi connectivity index (χ4v) is 11.0. The van der Waals surface area contributed by atoms with Crippen molar-refractivity contribution in [3.63, 3.8) is 0 Å². The van der Waals surface area contributed by atoms with Gasteiger partial charge in [-0.1, -0.05) is 170 Å². The van der Waals surface area contributed by atoms with Gasteiger partial charge in [0.05, 0.1) is 22.5 Å². The molecule has 13 rings (SSSR count). The van der Waals surface area contributed by atoms with E-state index in [4.69, 9.17) is 4.98 Å². The molecule has 4 heteroatoms. The minimum absolute atomic E-state index is 0.455. The molecule has 4 nitrogen and oxygen atoms in total. The van der Waals surface area contributed by atoms with Crippen molar-refractivity contribution < 1.29 is 0 Å². The largest absolute Gasteiger partial charge is 0.309 e. The van der Waals surface area contributed by atoms with Crippen LogP contribution in [0.3, 0.4) is 0 Å². The van der Waals surface area contributed by atoms with Crippen molar-refractivity contribution in [3.05, 3.63) is 253 Å². The van der Waals surface area contributed by atoms with Crippen LogP contribution in [0.5, 0.6) is 0 Å². The highest BCUT2D eigenvalue weighted by Gasteiger charge is 2.52. The van der Waals surface area contributed by atoms with Crippen molar-refractivity contribution in [2.75, 3.05) is 9.80 Å². The number of para-hydroxylation sites is 2. The third-order valence-corrected chi connectivity index (χ3v) is 13.4. The first-order valence-corrected chi connectivity index (χ1v) is 21.6. The summed E-state index contributed by atoms with van der Waals surface area (Å²) in [5.41, 5.74) is 15.4. The van der Waals surface area contributed by atoms with Crippen molar-refractivity contribution in [3.8, 4) is 22.3 Å². The molecule has 0 N–H and O–H groups in total. The van der Waals surface area contributed by atoms with Gasteiger partial charge in [0.25, 0.3) is 0 Å². The van der Waals surface area contributed by atoms with Crippen molar-refractivity contribution in [2.45, 2.75) is 5.41 Å². The molecule has 0 amide bonds. The number of nitrogens with zero attached hydrogens (tertiary/aromatic N) is 4. The van der Waals surface area contributed by atoms with Gasteiger partial charge in [0.1, 0.15) is 12.1 Å². The second kappa shape index (κ2) is 13.8. The standard InChI is InChI=1S/C59H38N4/c1-3-18-39(19-4-1)62(54-33-17-32-53-58(54)47-28-13-16-31-52(47)59(53)50-29-14-11-24-43(50)44-25-12-15-30-51(44)59)55-36-48-42-23-8-10-27-46(42)56(37-49(48)41-22-7-9-26-45(41)55)63(40-20-5-2-6-21-40)57-34-35-60-38-61-57/h1-38H. The Labute approximate surface area is 365 Å². The SMILES string of the molecule is c1ccc(N(c2ccncn2)c2cc3c4ccccc4c(N(c4ccccc4)c4cccc5c4-c4ccccc4C54c5ccccc5-c5ccccc54)cc3c3ccccc23)cc1. The quantitative estimate of drug-likeness (QED) is 0.157. The second-order valence-electron chi connectivity index (χ2n) is 16.5. The summed E-state index contributed by atoms with van der Waals surface area (Å²) in [4.78, 5) is 13.8. The number of benzene rings is 10. The van der Waals surface area contributed by atoms with Crippen LogP contribution in [0.2, 0.25) is 0 Å². The number of anilines is 6. The van der Waals surface area contributed by atoms with E-state index in [2.05, 4.69) is 227 Å². The first kappa shape index (κ1) is 35.4. The normalized spacial score (nSPS) is 12.9. The van der Waals surface area contributed by atoms with Crippen LogP contribution in [0.1, 0.15) is 22.3 Å². The molecular formula is C59H38N4. The van der Waals surface area contributed by atoms with Gasteiger partial charge in [-0.05, 0) is 109 Å². The van der Waals surface area contributed by atoms with Crippen LogP contribution in [0, 0.1) is 0 Å². The van der Waals surface area contributed by atoms with Gasteiger partial charge < -0.3 is 4.90 Å². The predicted molar refractivity (Wildman–Crippen MR) is 260 cm³/mol. The summed E-state index contributed by atoms with van der Waals surface area (Å²) in [6.07, 6.45) is 3.44. The molecule has 1 heterocycles. The van der Waals surface area contributed by atoms with Gasteiger partial charge >= 0.3 is 0 Å². The van der Waals surface area contributed by atoms with Crippen LogP contribution < -0.4 is 9.80 Å². The van der Waals surface area contributed by atoms with Gasteiger partial charge in [-0.25, -0.2) is 9.97 Å². The lowest BCUT2D eigenvalue weighted by molar-refractivity contribution is 0.794. The Kier molecular flexibility index (Phi) is 7.79. The molecule has 0 fully saturated rings. The van der Waals surface area contributed by atoms with E-state index >= 15 is 0 Å². The fraction of sp³-hybridized carbons (Fsp3) is 0.0169. The first-order chi connectivity index (χ1) is 31.3. The Bertz CT molecular complexity index is 3500. The highest BCUT2D eigenvalue weighted by Crippen LogP contribution is 2.65. The summed E-state index contributed by atoms with van der Waals surface area (Å²) in [7, 11) is 0. The molecule has 0 unspecified atom stereocenters. The summed E-state index contributed by atoms with van der Waals surface area (Å²) >= 11 is 0. The van der Waals surface area contributed by atoms with Crippen LogP contribution >= 0.6 is 0 Å². The molecule has 2 aliphatic carbocycles. The molecule has 0 saturated carbocycles. The molecule has 294 valence electrons. The zero-order valence-electron chi connectivity index (χ0n) is 34.2. The molecule has 2 aliphatic rings. The number of hydrogen-bond acceptors (Lipinski definition) is 4. The topological polar surface area (TPSA) is 32.3 Å². The van der Waals surface area contributed by atoms with Crippen LogP contribution in [0.15, 0.2) is 231 Å². The van der Waals surface area contributed by atoms with Gasteiger partial charge in [-0.2, -0.15) is 0 Å². The molecule has 1 spiro atoms. The molecular weight excluding hydrogens is 765 g/mol. The third-order valence-electron chi connectivity index (χ3n) is 13.4. The Hall–Kier alpha value is -8.34. The zero-order chi connectivity index (χ0) is 41.5. The minimum atomic E-state index is -0.455. The average Bonchev–Trinajstić information content (AvgIpc) is 3.83. The van der Waals surface area contributed by atoms with E-state index in [0.717, 1.165) is 39.6 Å². The predicted octanol–water partition coefficient (Wildman–Crippen LogP) is 15.2. The van der Waals surface area contributed by atoms with Crippen LogP contribution in [-0.4, -0.2) is 9.97 Å². The number of aromatic nitrogens is 2. The molecule has 11 aromatic rings. The minimum Gasteiger partial charge on any atom is -0.309 e. The lowest BCUT2D eigenvalue weighted by Crippen LogP contribution is -2.26. The van der Waals surface area contributed by atoms with Gasteiger partial charge in [-0.3, -0.25) is 4.90 Å². The highest BCUT2D eigenvalue weighted by molar-refractivity contribution is 6.25. The Balaban J connectivity index is 1.12. The maximum Gasteiger partial charge on any atom is 0.140 e.